The molecule has 10 atom stereocenters. The fourth-order valence-corrected chi connectivity index (χ4v) is 9.14. The lowest BCUT2D eigenvalue weighted by Crippen LogP contribution is -2.59. The molecular weight excluding hydrogens is 416 g/mol. The molecule has 0 radical (unpaired) electrons. The van der Waals surface area contributed by atoms with Crippen LogP contribution in [0, 0.1) is 34.5 Å². The third-order valence-electron chi connectivity index (χ3n) is 11.2. The molecule has 0 amide bonds. The van der Waals surface area contributed by atoms with Gasteiger partial charge in [-0.05, 0) is 100 Å². The van der Waals surface area contributed by atoms with Crippen molar-refractivity contribution in [2.24, 2.45) is 34.5 Å². The van der Waals surface area contributed by atoms with Crippen LogP contribution in [0.1, 0.15) is 86.0 Å². The van der Waals surface area contributed by atoms with Crippen LogP contribution in [0.2, 0.25) is 0 Å². The SMILES string of the molecule is CC1=C(C)C(=O)O[C@@H]([C@](C)(O)[C@H]2CC[C@H]3[C@@H]4CC=C5[C@@H](O)CC[C@H](O)[C@]5(C)[C@H]4CC[C@]23C)C1. The summed E-state index contributed by atoms with van der Waals surface area (Å²) in [4.78, 5) is 12.4. The minimum Gasteiger partial charge on any atom is -0.456 e. The topological polar surface area (TPSA) is 87.0 Å². The summed E-state index contributed by atoms with van der Waals surface area (Å²) in [6.45, 7) is 10.2. The number of hydrogen-bond donors (Lipinski definition) is 3. The van der Waals surface area contributed by atoms with Crippen LogP contribution in [0.25, 0.3) is 0 Å². The van der Waals surface area contributed by atoms with Crippen LogP contribution in [-0.2, 0) is 9.53 Å². The van der Waals surface area contributed by atoms with Gasteiger partial charge >= 0.3 is 5.97 Å². The van der Waals surface area contributed by atoms with E-state index >= 15 is 0 Å². The average molecular weight is 459 g/mol. The highest BCUT2D eigenvalue weighted by atomic mass is 16.6. The Bertz CT molecular complexity index is 902. The minimum atomic E-state index is -1.08. The Morgan fingerprint density at radius 3 is 2.48 bits per heavy atom. The molecule has 33 heavy (non-hydrogen) atoms. The first-order valence-electron chi connectivity index (χ1n) is 13.1. The van der Waals surface area contributed by atoms with Gasteiger partial charge in [0.2, 0.25) is 0 Å². The summed E-state index contributed by atoms with van der Waals surface area (Å²) in [6, 6.07) is 0. The summed E-state index contributed by atoms with van der Waals surface area (Å²) in [7, 11) is 0. The van der Waals surface area contributed by atoms with Gasteiger partial charge in [-0.3, -0.25) is 0 Å². The molecule has 0 aromatic rings. The van der Waals surface area contributed by atoms with Crippen molar-refractivity contribution in [3.05, 3.63) is 22.8 Å². The molecule has 4 aliphatic carbocycles. The quantitative estimate of drug-likeness (QED) is 0.424. The maximum absolute atomic E-state index is 12.4. The second kappa shape index (κ2) is 7.66. The number of ether oxygens (including phenoxy) is 1. The Morgan fingerprint density at radius 2 is 1.79 bits per heavy atom. The average Bonchev–Trinajstić information content (AvgIpc) is 3.12. The number of carbonyl (C=O) groups excluding carboxylic acids is 1. The molecule has 5 rings (SSSR count). The summed E-state index contributed by atoms with van der Waals surface area (Å²) in [5, 5.41) is 33.7. The summed E-state index contributed by atoms with van der Waals surface area (Å²) >= 11 is 0. The molecule has 0 unspecified atom stereocenters. The van der Waals surface area contributed by atoms with Crippen LogP contribution in [0.15, 0.2) is 22.8 Å². The second-order valence-electron chi connectivity index (χ2n) is 12.6. The Balaban J connectivity index is 1.44. The first-order chi connectivity index (χ1) is 15.4. The van der Waals surface area contributed by atoms with Gasteiger partial charge in [0.1, 0.15) is 11.7 Å². The number of esters is 1. The minimum absolute atomic E-state index is 0.0267. The highest BCUT2D eigenvalue weighted by molar-refractivity contribution is 5.89. The van der Waals surface area contributed by atoms with Crippen LogP contribution < -0.4 is 0 Å². The Hall–Kier alpha value is -1.17. The molecule has 5 nitrogen and oxygen atoms in total. The van der Waals surface area contributed by atoms with Crippen molar-refractivity contribution in [1.29, 1.82) is 0 Å². The molecule has 1 aliphatic heterocycles. The molecule has 3 N–H and O–H groups in total. The van der Waals surface area contributed by atoms with E-state index < -0.39 is 23.9 Å². The maximum Gasteiger partial charge on any atom is 0.334 e. The number of carbonyl (C=O) groups is 1. The van der Waals surface area contributed by atoms with Gasteiger partial charge < -0.3 is 20.1 Å². The first-order valence-corrected chi connectivity index (χ1v) is 13.1. The zero-order valence-corrected chi connectivity index (χ0v) is 20.9. The molecule has 1 heterocycles. The third kappa shape index (κ3) is 3.18. The molecule has 0 aromatic heterocycles. The largest absolute Gasteiger partial charge is 0.456 e. The zero-order chi connectivity index (χ0) is 23.9. The van der Waals surface area contributed by atoms with Crippen molar-refractivity contribution in [1.82, 2.24) is 0 Å². The van der Waals surface area contributed by atoms with Crippen LogP contribution in [0.5, 0.6) is 0 Å². The van der Waals surface area contributed by atoms with Crippen LogP contribution >= 0.6 is 0 Å². The van der Waals surface area contributed by atoms with Crippen molar-refractivity contribution in [3.63, 3.8) is 0 Å². The normalized spacial score (nSPS) is 49.4. The van der Waals surface area contributed by atoms with E-state index in [4.69, 9.17) is 4.74 Å². The lowest BCUT2D eigenvalue weighted by atomic mass is 9.46. The van der Waals surface area contributed by atoms with Crippen LogP contribution in [-0.4, -0.2) is 45.2 Å². The van der Waals surface area contributed by atoms with Crippen LogP contribution in [0.3, 0.4) is 0 Å². The molecular formula is C28H42O5. The molecule has 0 spiro atoms. The van der Waals surface area contributed by atoms with E-state index in [2.05, 4.69) is 19.9 Å². The number of hydrogen-bond acceptors (Lipinski definition) is 5. The second-order valence-corrected chi connectivity index (χ2v) is 12.6. The molecule has 5 heteroatoms. The van der Waals surface area contributed by atoms with E-state index in [9.17, 15) is 20.1 Å². The fraction of sp³-hybridized carbons (Fsp3) is 0.821. The van der Waals surface area contributed by atoms with E-state index in [-0.39, 0.29) is 22.7 Å². The summed E-state index contributed by atoms with van der Waals surface area (Å²) in [6.07, 6.45) is 7.78. The van der Waals surface area contributed by atoms with Crippen molar-refractivity contribution < 1.29 is 24.9 Å². The van der Waals surface area contributed by atoms with Gasteiger partial charge in [0, 0.05) is 17.4 Å². The predicted octanol–water partition coefficient (Wildman–Crippen LogP) is 4.30. The highest BCUT2D eigenvalue weighted by Gasteiger charge is 2.64. The maximum atomic E-state index is 12.4. The third-order valence-corrected chi connectivity index (χ3v) is 11.2. The van der Waals surface area contributed by atoms with E-state index in [1.165, 1.54) is 0 Å². The number of cyclic esters (lactones) is 1. The number of allylic oxidation sites excluding steroid dienone is 1. The fourth-order valence-electron chi connectivity index (χ4n) is 9.14. The van der Waals surface area contributed by atoms with Gasteiger partial charge in [-0.1, -0.05) is 25.5 Å². The molecule has 0 saturated heterocycles. The van der Waals surface area contributed by atoms with Gasteiger partial charge in [0.25, 0.3) is 0 Å². The predicted molar refractivity (Wildman–Crippen MR) is 126 cm³/mol. The molecule has 3 saturated carbocycles. The number of fused-ring (bicyclic) bond motifs is 5. The van der Waals surface area contributed by atoms with Gasteiger partial charge in [-0.15, -0.1) is 0 Å². The van der Waals surface area contributed by atoms with Gasteiger partial charge in [-0.25, -0.2) is 4.79 Å². The van der Waals surface area contributed by atoms with Crippen molar-refractivity contribution in [3.8, 4) is 0 Å². The van der Waals surface area contributed by atoms with Gasteiger partial charge in [0.15, 0.2) is 0 Å². The van der Waals surface area contributed by atoms with E-state index in [0.29, 0.717) is 42.6 Å². The van der Waals surface area contributed by atoms with E-state index in [1.54, 1.807) is 6.92 Å². The number of aliphatic hydroxyl groups is 3. The Kier molecular flexibility index (Phi) is 5.47. The van der Waals surface area contributed by atoms with Crippen molar-refractivity contribution in [2.45, 2.75) is 110 Å². The smallest absolute Gasteiger partial charge is 0.334 e. The lowest BCUT2D eigenvalue weighted by molar-refractivity contribution is -0.183. The Morgan fingerprint density at radius 1 is 1.06 bits per heavy atom. The summed E-state index contributed by atoms with van der Waals surface area (Å²) in [5.74, 6) is 1.06. The van der Waals surface area contributed by atoms with E-state index in [1.807, 2.05) is 13.8 Å². The standard InChI is InChI=1S/C28H42O5/c1-15-14-24(33-25(31)16(15)2)28(5,32)22-10-8-18-17-6-7-20-21(29)9-11-23(30)27(20,4)19(17)12-13-26(18,22)3/h7,17-19,21-24,29-30,32H,6,8-14H2,1-5H3/t17-,18-,19-,21-,22-,23-,24+,26-,27+,28+/m0/s1. The molecule has 0 bridgehead atoms. The van der Waals surface area contributed by atoms with E-state index in [0.717, 1.165) is 43.3 Å². The molecule has 184 valence electrons. The van der Waals surface area contributed by atoms with Crippen LogP contribution in [0.4, 0.5) is 0 Å². The number of aliphatic hydroxyl groups excluding tert-OH is 2. The highest BCUT2D eigenvalue weighted by Crippen LogP contribution is 2.68. The van der Waals surface area contributed by atoms with Crippen molar-refractivity contribution >= 4 is 5.97 Å². The zero-order valence-electron chi connectivity index (χ0n) is 20.9. The summed E-state index contributed by atoms with van der Waals surface area (Å²) in [5.41, 5.74) is 1.31. The summed E-state index contributed by atoms with van der Waals surface area (Å²) < 4.78 is 5.77. The first kappa shape index (κ1) is 23.6. The van der Waals surface area contributed by atoms with Gasteiger partial charge in [0.05, 0.1) is 12.2 Å². The van der Waals surface area contributed by atoms with Gasteiger partial charge in [-0.2, -0.15) is 0 Å². The lowest BCUT2D eigenvalue weighted by Gasteiger charge is -2.60. The Labute approximate surface area is 198 Å². The number of rotatable bonds is 2. The monoisotopic (exact) mass is 458 g/mol. The molecule has 5 aliphatic rings. The molecule has 3 fully saturated rings. The molecule has 0 aromatic carbocycles. The van der Waals surface area contributed by atoms with Crippen molar-refractivity contribution in [2.75, 3.05) is 0 Å².